The fraction of sp³-hybridized carbons (Fsp3) is 0.143. The molecule has 0 aliphatic rings. The zero-order chi connectivity index (χ0) is 9.68. The molecule has 5 nitrogen and oxygen atoms in total. The molecule has 1 N–H and O–H groups in total. The Morgan fingerprint density at radius 2 is 2.31 bits per heavy atom. The molecule has 0 aliphatic carbocycles. The third kappa shape index (κ3) is 2.69. The number of nitrogens with zero attached hydrogens (tertiary/aromatic N) is 4. The smallest absolute Gasteiger partial charge is 0.238 e. The molecule has 13 heavy (non-hydrogen) atoms. The van der Waals surface area contributed by atoms with Crippen LogP contribution in [-0.2, 0) is 0 Å². The van der Waals surface area contributed by atoms with E-state index in [4.69, 9.17) is 16.9 Å². The van der Waals surface area contributed by atoms with Gasteiger partial charge in [0.05, 0.1) is 0 Å². The summed E-state index contributed by atoms with van der Waals surface area (Å²) in [4.78, 5) is 11.1. The van der Waals surface area contributed by atoms with Crippen LogP contribution in [0.15, 0.2) is 12.7 Å². The van der Waals surface area contributed by atoms with Crippen LogP contribution in [0.2, 0.25) is 5.28 Å². The van der Waals surface area contributed by atoms with E-state index in [2.05, 4.69) is 26.8 Å². The topological polar surface area (TPSA) is 74.5 Å². The number of hydrogen-bond donors (Lipinski definition) is 1. The van der Waals surface area contributed by atoms with Gasteiger partial charge in [-0.2, -0.15) is 20.2 Å². The number of nitrogens with one attached hydrogen (secondary N) is 1. The van der Waals surface area contributed by atoms with Gasteiger partial charge < -0.3 is 5.32 Å². The molecule has 0 aromatic carbocycles. The molecule has 0 amide bonds. The number of rotatable bonds is 3. The predicted octanol–water partition coefficient (Wildman–Crippen LogP) is 0.995. The number of halogens is 1. The van der Waals surface area contributed by atoms with Crippen molar-refractivity contribution in [2.45, 2.75) is 0 Å². The van der Waals surface area contributed by atoms with Gasteiger partial charge in [-0.25, -0.2) is 0 Å². The van der Waals surface area contributed by atoms with Gasteiger partial charge in [0.2, 0.25) is 17.1 Å². The van der Waals surface area contributed by atoms with Crippen molar-refractivity contribution < 1.29 is 0 Å². The highest BCUT2D eigenvalue weighted by Crippen LogP contribution is 2.04. The monoisotopic (exact) mass is 195 g/mol. The summed E-state index contributed by atoms with van der Waals surface area (Å²) in [7, 11) is 0. The SMILES string of the molecule is C=CCNc1nc(Cl)nc(C#N)n1. The third-order valence-electron chi connectivity index (χ3n) is 1.11. The van der Waals surface area contributed by atoms with Crippen LogP contribution in [-0.4, -0.2) is 21.5 Å². The van der Waals surface area contributed by atoms with E-state index in [-0.39, 0.29) is 17.1 Å². The van der Waals surface area contributed by atoms with Crippen molar-refractivity contribution in [2.24, 2.45) is 0 Å². The van der Waals surface area contributed by atoms with Gasteiger partial charge in [0.25, 0.3) is 0 Å². The molecule has 1 aromatic rings. The predicted molar refractivity (Wildman–Crippen MR) is 48.2 cm³/mol. The van der Waals surface area contributed by atoms with Crippen LogP contribution in [0, 0.1) is 11.3 Å². The summed E-state index contributed by atoms with van der Waals surface area (Å²) in [5.74, 6) is 0.267. The Kier molecular flexibility index (Phi) is 3.17. The lowest BCUT2D eigenvalue weighted by molar-refractivity contribution is 1.01. The molecule has 1 aromatic heterocycles. The lowest BCUT2D eigenvalue weighted by Crippen LogP contribution is -2.05. The summed E-state index contributed by atoms with van der Waals surface area (Å²) in [5.41, 5.74) is 0. The van der Waals surface area contributed by atoms with Gasteiger partial charge in [-0.15, -0.1) is 6.58 Å². The highest BCUT2D eigenvalue weighted by Gasteiger charge is 2.02. The van der Waals surface area contributed by atoms with Crippen LogP contribution in [0.5, 0.6) is 0 Å². The van der Waals surface area contributed by atoms with E-state index < -0.39 is 0 Å². The average Bonchev–Trinajstić information content (AvgIpc) is 2.14. The van der Waals surface area contributed by atoms with Gasteiger partial charge in [0, 0.05) is 6.54 Å². The van der Waals surface area contributed by atoms with E-state index in [0.29, 0.717) is 6.54 Å². The average molecular weight is 196 g/mol. The molecule has 0 bridgehead atoms. The molecule has 1 rings (SSSR count). The van der Waals surface area contributed by atoms with Crippen LogP contribution in [0.25, 0.3) is 0 Å². The Bertz CT molecular complexity index is 356. The van der Waals surface area contributed by atoms with Gasteiger partial charge in [-0.3, -0.25) is 0 Å². The van der Waals surface area contributed by atoms with Crippen LogP contribution in [0.1, 0.15) is 5.82 Å². The summed E-state index contributed by atoms with van der Waals surface area (Å²) >= 11 is 5.53. The minimum Gasteiger partial charge on any atom is -0.351 e. The van der Waals surface area contributed by atoms with E-state index in [1.165, 1.54) is 0 Å². The Morgan fingerprint density at radius 3 is 2.92 bits per heavy atom. The number of anilines is 1. The molecule has 6 heteroatoms. The summed E-state index contributed by atoms with van der Waals surface area (Å²) in [5, 5.41) is 11.3. The summed E-state index contributed by atoms with van der Waals surface area (Å²) in [6.07, 6.45) is 1.64. The Hall–Kier alpha value is -1.67. The van der Waals surface area contributed by atoms with Gasteiger partial charge in [-0.1, -0.05) is 6.08 Å². The lowest BCUT2D eigenvalue weighted by Gasteiger charge is -2.00. The Labute approximate surface area is 80.1 Å². The molecule has 0 unspecified atom stereocenters. The molecular weight excluding hydrogens is 190 g/mol. The zero-order valence-electron chi connectivity index (χ0n) is 6.66. The highest BCUT2D eigenvalue weighted by atomic mass is 35.5. The van der Waals surface area contributed by atoms with Crippen molar-refractivity contribution in [1.82, 2.24) is 15.0 Å². The standard InChI is InChI=1S/C7H6ClN5/c1-2-3-10-7-12-5(4-9)11-6(8)13-7/h2H,1,3H2,(H,10,11,12,13). The first-order chi connectivity index (χ1) is 6.26. The fourth-order valence-corrected chi connectivity index (χ4v) is 0.803. The maximum absolute atomic E-state index is 8.50. The van der Waals surface area contributed by atoms with E-state index >= 15 is 0 Å². The van der Waals surface area contributed by atoms with E-state index in [0.717, 1.165) is 0 Å². The normalized spacial score (nSPS) is 8.92. The van der Waals surface area contributed by atoms with Crippen molar-refractivity contribution in [3.63, 3.8) is 0 Å². The van der Waals surface area contributed by atoms with E-state index in [1.54, 1.807) is 12.1 Å². The molecule has 0 spiro atoms. The van der Waals surface area contributed by atoms with Gasteiger partial charge in [-0.05, 0) is 11.6 Å². The second-order valence-corrected chi connectivity index (χ2v) is 2.37. The Morgan fingerprint density at radius 1 is 1.54 bits per heavy atom. The minimum atomic E-state index is -0.00781. The van der Waals surface area contributed by atoms with E-state index in [9.17, 15) is 0 Å². The molecule has 0 saturated heterocycles. The maximum atomic E-state index is 8.50. The zero-order valence-corrected chi connectivity index (χ0v) is 7.41. The second kappa shape index (κ2) is 4.38. The van der Waals surface area contributed by atoms with Crippen molar-refractivity contribution in [1.29, 1.82) is 5.26 Å². The summed E-state index contributed by atoms with van der Waals surface area (Å²) < 4.78 is 0. The summed E-state index contributed by atoms with van der Waals surface area (Å²) in [6, 6.07) is 1.77. The van der Waals surface area contributed by atoms with Crippen LogP contribution in [0.3, 0.4) is 0 Å². The number of hydrogen-bond acceptors (Lipinski definition) is 5. The first-order valence-corrected chi connectivity index (χ1v) is 3.80. The highest BCUT2D eigenvalue weighted by molar-refractivity contribution is 6.28. The quantitative estimate of drug-likeness (QED) is 0.729. The lowest BCUT2D eigenvalue weighted by atomic mass is 10.6. The number of nitriles is 1. The first kappa shape index (κ1) is 9.42. The van der Waals surface area contributed by atoms with Crippen LogP contribution in [0.4, 0.5) is 5.95 Å². The first-order valence-electron chi connectivity index (χ1n) is 3.42. The van der Waals surface area contributed by atoms with Gasteiger partial charge in [0.15, 0.2) is 0 Å². The van der Waals surface area contributed by atoms with E-state index in [1.807, 2.05) is 0 Å². The van der Waals surface area contributed by atoms with Gasteiger partial charge in [0.1, 0.15) is 6.07 Å². The maximum Gasteiger partial charge on any atom is 0.238 e. The van der Waals surface area contributed by atoms with Gasteiger partial charge >= 0.3 is 0 Å². The Balaban J connectivity index is 2.89. The molecule has 0 atom stereocenters. The van der Waals surface area contributed by atoms with Crippen LogP contribution < -0.4 is 5.32 Å². The molecule has 0 radical (unpaired) electrons. The van der Waals surface area contributed by atoms with Crippen molar-refractivity contribution in [2.75, 3.05) is 11.9 Å². The largest absolute Gasteiger partial charge is 0.351 e. The summed E-state index contributed by atoms with van der Waals surface area (Å²) in [6.45, 7) is 4.01. The molecule has 0 saturated carbocycles. The molecular formula is C7H6ClN5. The molecule has 1 heterocycles. The molecule has 0 fully saturated rings. The second-order valence-electron chi connectivity index (χ2n) is 2.03. The third-order valence-corrected chi connectivity index (χ3v) is 1.28. The minimum absolute atomic E-state index is 0.00175. The van der Waals surface area contributed by atoms with Crippen molar-refractivity contribution >= 4 is 17.5 Å². The fourth-order valence-electron chi connectivity index (χ4n) is 0.643. The molecule has 0 aliphatic heterocycles. The number of aromatic nitrogens is 3. The van der Waals surface area contributed by atoms with Crippen LogP contribution >= 0.6 is 11.6 Å². The van der Waals surface area contributed by atoms with Crippen molar-refractivity contribution in [3.8, 4) is 6.07 Å². The molecule has 66 valence electrons. The van der Waals surface area contributed by atoms with Crippen molar-refractivity contribution in [3.05, 3.63) is 23.8 Å².